The Morgan fingerprint density at radius 1 is 1.00 bits per heavy atom. The fourth-order valence-electron chi connectivity index (χ4n) is 3.83. The Kier molecular flexibility index (Phi) is 4.45. The molecule has 1 aromatic carbocycles. The number of benzene rings is 1. The van der Waals surface area contributed by atoms with Crippen molar-refractivity contribution in [1.29, 1.82) is 0 Å². The number of fused-ring (bicyclic) bond motifs is 1. The predicted octanol–water partition coefficient (Wildman–Crippen LogP) is 5.48. The van der Waals surface area contributed by atoms with E-state index < -0.39 is 8.07 Å². The quantitative estimate of drug-likeness (QED) is 0.680. The zero-order valence-corrected chi connectivity index (χ0v) is 15.8. The van der Waals surface area contributed by atoms with Crippen molar-refractivity contribution < 1.29 is 4.42 Å². The number of rotatable bonds is 4. The molecule has 110 valence electrons. The molecule has 0 amide bonds. The standard InChI is InChI=1S/C16H24BrNOSi/c1-10(2)20(11(3)4,12(5)6)16-18-14-9-13(17)7-8-15(14)19-16/h7-12H,1-6H3. The first kappa shape index (κ1) is 15.8. The molecular formula is C16H24BrNOSi. The van der Waals surface area contributed by atoms with Gasteiger partial charge in [-0.05, 0) is 34.8 Å². The molecule has 0 spiro atoms. The molecule has 0 fully saturated rings. The van der Waals surface area contributed by atoms with E-state index in [9.17, 15) is 0 Å². The summed E-state index contributed by atoms with van der Waals surface area (Å²) >= 11 is 3.51. The Bertz CT molecular complexity index is 582. The third-order valence-electron chi connectivity index (χ3n) is 4.59. The van der Waals surface area contributed by atoms with Gasteiger partial charge in [0.05, 0.1) is 0 Å². The van der Waals surface area contributed by atoms with Gasteiger partial charge in [0.1, 0.15) is 5.52 Å². The Labute approximate surface area is 131 Å². The van der Waals surface area contributed by atoms with Crippen LogP contribution in [0.25, 0.3) is 11.1 Å². The van der Waals surface area contributed by atoms with Gasteiger partial charge in [-0.1, -0.05) is 57.5 Å². The number of oxazole rings is 1. The third-order valence-corrected chi connectivity index (χ3v) is 11.8. The molecule has 0 bridgehead atoms. The van der Waals surface area contributed by atoms with Crippen LogP contribution in [0.4, 0.5) is 0 Å². The van der Waals surface area contributed by atoms with Gasteiger partial charge in [-0.3, -0.25) is 0 Å². The van der Waals surface area contributed by atoms with Crippen molar-refractivity contribution in [2.75, 3.05) is 0 Å². The molecule has 0 aliphatic carbocycles. The van der Waals surface area contributed by atoms with Crippen LogP contribution < -0.4 is 5.51 Å². The van der Waals surface area contributed by atoms with Crippen molar-refractivity contribution >= 4 is 40.6 Å². The number of halogens is 1. The summed E-state index contributed by atoms with van der Waals surface area (Å²) in [6.45, 7) is 14.0. The van der Waals surface area contributed by atoms with Gasteiger partial charge in [-0.25, -0.2) is 4.98 Å². The van der Waals surface area contributed by atoms with Crippen molar-refractivity contribution in [2.45, 2.75) is 58.2 Å². The molecule has 2 nitrogen and oxygen atoms in total. The highest BCUT2D eigenvalue weighted by atomic mass is 79.9. The molecule has 0 saturated carbocycles. The lowest BCUT2D eigenvalue weighted by Crippen LogP contribution is -2.56. The van der Waals surface area contributed by atoms with E-state index in [1.807, 2.05) is 18.2 Å². The second-order valence-electron chi connectivity index (χ2n) is 6.53. The molecular weight excluding hydrogens is 330 g/mol. The van der Waals surface area contributed by atoms with E-state index in [1.54, 1.807) is 0 Å². The van der Waals surface area contributed by atoms with Crippen LogP contribution in [0, 0.1) is 0 Å². The summed E-state index contributed by atoms with van der Waals surface area (Å²) < 4.78 is 7.25. The van der Waals surface area contributed by atoms with Gasteiger partial charge in [-0.2, -0.15) is 0 Å². The highest BCUT2D eigenvalue weighted by Crippen LogP contribution is 2.41. The molecule has 0 unspecified atom stereocenters. The molecule has 0 saturated heterocycles. The normalized spacial score (nSPS) is 13.1. The number of aromatic nitrogens is 1. The average molecular weight is 354 g/mol. The summed E-state index contributed by atoms with van der Waals surface area (Å²) in [6, 6.07) is 6.07. The minimum Gasteiger partial charge on any atom is -0.446 e. The van der Waals surface area contributed by atoms with Crippen LogP contribution in [0.1, 0.15) is 41.5 Å². The van der Waals surface area contributed by atoms with Crippen LogP contribution in [0.2, 0.25) is 16.6 Å². The first-order valence-electron chi connectivity index (χ1n) is 7.36. The molecule has 1 heterocycles. The summed E-state index contributed by atoms with van der Waals surface area (Å²) in [4.78, 5) is 4.87. The van der Waals surface area contributed by atoms with Gasteiger partial charge in [0.2, 0.25) is 0 Å². The first-order chi connectivity index (χ1) is 9.30. The maximum absolute atomic E-state index is 6.20. The smallest absolute Gasteiger partial charge is 0.168 e. The van der Waals surface area contributed by atoms with E-state index in [4.69, 9.17) is 9.40 Å². The van der Waals surface area contributed by atoms with E-state index in [2.05, 4.69) is 57.5 Å². The molecule has 1 aromatic heterocycles. The molecule has 20 heavy (non-hydrogen) atoms. The summed E-state index contributed by atoms with van der Waals surface area (Å²) in [5.41, 5.74) is 4.72. The second-order valence-corrected chi connectivity index (χ2v) is 13.2. The van der Waals surface area contributed by atoms with E-state index >= 15 is 0 Å². The fraction of sp³-hybridized carbons (Fsp3) is 0.562. The molecule has 2 aromatic rings. The Morgan fingerprint density at radius 2 is 1.55 bits per heavy atom. The van der Waals surface area contributed by atoms with Gasteiger partial charge in [0, 0.05) is 4.47 Å². The highest BCUT2D eigenvalue weighted by molar-refractivity contribution is 9.10. The monoisotopic (exact) mass is 353 g/mol. The van der Waals surface area contributed by atoms with Gasteiger partial charge >= 0.3 is 0 Å². The third kappa shape index (κ3) is 2.37. The fourth-order valence-corrected chi connectivity index (χ4v) is 10.3. The summed E-state index contributed by atoms with van der Waals surface area (Å²) in [5, 5.41) is 0. The average Bonchev–Trinajstić information content (AvgIpc) is 2.70. The van der Waals surface area contributed by atoms with Crippen LogP contribution in [0.3, 0.4) is 0 Å². The van der Waals surface area contributed by atoms with Crippen LogP contribution in [0.5, 0.6) is 0 Å². The van der Waals surface area contributed by atoms with E-state index in [-0.39, 0.29) is 0 Å². The van der Waals surface area contributed by atoms with E-state index in [0.29, 0.717) is 16.6 Å². The minimum atomic E-state index is -1.80. The summed E-state index contributed by atoms with van der Waals surface area (Å²) in [5.74, 6) is 0. The zero-order chi connectivity index (χ0) is 15.1. The minimum absolute atomic E-state index is 0.610. The number of hydrogen-bond donors (Lipinski definition) is 0. The SMILES string of the molecule is CC(C)[Si](c1nc2cc(Br)ccc2o1)(C(C)C)C(C)C. The Morgan fingerprint density at radius 3 is 2.05 bits per heavy atom. The van der Waals surface area contributed by atoms with Crippen molar-refractivity contribution in [3.8, 4) is 0 Å². The maximum atomic E-state index is 6.20. The highest BCUT2D eigenvalue weighted by Gasteiger charge is 2.49. The van der Waals surface area contributed by atoms with Crippen LogP contribution in [-0.2, 0) is 0 Å². The van der Waals surface area contributed by atoms with Crippen LogP contribution >= 0.6 is 15.9 Å². The lowest BCUT2D eigenvalue weighted by Gasteiger charge is -2.39. The summed E-state index contributed by atoms with van der Waals surface area (Å²) in [6.07, 6.45) is 0. The largest absolute Gasteiger partial charge is 0.446 e. The van der Waals surface area contributed by atoms with Crippen molar-refractivity contribution in [1.82, 2.24) is 4.98 Å². The van der Waals surface area contributed by atoms with Gasteiger partial charge < -0.3 is 4.42 Å². The number of hydrogen-bond acceptors (Lipinski definition) is 2. The van der Waals surface area contributed by atoms with Gasteiger partial charge in [0.25, 0.3) is 0 Å². The Balaban J connectivity index is 2.68. The zero-order valence-electron chi connectivity index (χ0n) is 13.2. The molecule has 0 atom stereocenters. The molecule has 0 radical (unpaired) electrons. The van der Waals surface area contributed by atoms with Crippen molar-refractivity contribution in [3.63, 3.8) is 0 Å². The molecule has 4 heteroatoms. The first-order valence-corrected chi connectivity index (χ1v) is 10.4. The number of nitrogens with zero attached hydrogens (tertiary/aromatic N) is 1. The van der Waals surface area contributed by atoms with Gasteiger partial charge in [0.15, 0.2) is 19.2 Å². The lowest BCUT2D eigenvalue weighted by molar-refractivity contribution is 0.623. The maximum Gasteiger partial charge on any atom is 0.168 e. The predicted molar refractivity (Wildman–Crippen MR) is 92.4 cm³/mol. The molecule has 0 aliphatic rings. The molecule has 2 rings (SSSR count). The summed E-state index contributed by atoms with van der Waals surface area (Å²) in [7, 11) is -1.80. The molecule has 0 N–H and O–H groups in total. The second kappa shape index (κ2) is 5.64. The van der Waals surface area contributed by atoms with Crippen molar-refractivity contribution in [3.05, 3.63) is 22.7 Å². The molecule has 0 aliphatic heterocycles. The lowest BCUT2D eigenvalue weighted by atomic mass is 10.3. The van der Waals surface area contributed by atoms with Crippen LogP contribution in [0.15, 0.2) is 27.1 Å². The van der Waals surface area contributed by atoms with E-state index in [0.717, 1.165) is 21.1 Å². The Hall–Kier alpha value is -0.613. The van der Waals surface area contributed by atoms with E-state index in [1.165, 1.54) is 0 Å². The van der Waals surface area contributed by atoms with Crippen molar-refractivity contribution in [2.24, 2.45) is 0 Å². The topological polar surface area (TPSA) is 26.0 Å². The van der Waals surface area contributed by atoms with Gasteiger partial charge in [-0.15, -0.1) is 0 Å². The van der Waals surface area contributed by atoms with Crippen LogP contribution in [-0.4, -0.2) is 13.1 Å².